The summed E-state index contributed by atoms with van der Waals surface area (Å²) < 4.78 is 24.1. The lowest BCUT2D eigenvalue weighted by Crippen LogP contribution is -2.21. The molecule has 0 amide bonds. The fraction of sp³-hybridized carbons (Fsp3) is 0.200. The zero-order chi connectivity index (χ0) is 28.2. The Morgan fingerprint density at radius 3 is 2.68 bits per heavy atom. The first kappa shape index (κ1) is 25.7. The molecule has 4 aromatic heterocycles. The smallest absolute Gasteiger partial charge is 0.265 e. The number of hydrogen-bond acceptors (Lipinski definition) is 7. The number of halogens is 2. The average Bonchev–Trinajstić information content (AvgIpc) is 3.60. The maximum atomic E-state index is 15.1. The Morgan fingerprint density at radius 2 is 1.95 bits per heavy atom. The van der Waals surface area contributed by atoms with Crippen LogP contribution < -0.4 is 16.0 Å². The first-order valence-electron chi connectivity index (χ1n) is 13.3. The number of thiazole rings is 1. The number of aromatic nitrogens is 5. The number of rotatable bonds is 7. The van der Waals surface area contributed by atoms with Crippen LogP contribution >= 0.6 is 22.9 Å². The van der Waals surface area contributed by atoms with E-state index in [1.165, 1.54) is 28.1 Å². The summed E-state index contributed by atoms with van der Waals surface area (Å²) in [5.74, 6) is -0.0285. The molecule has 0 aliphatic heterocycles. The molecular weight excluding hydrogens is 563 g/mol. The topological polar surface area (TPSA) is 100 Å². The Bertz CT molecular complexity index is 2000. The molecule has 8 nitrogen and oxygen atoms in total. The number of nitrogens with two attached hydrogens (primary N) is 1. The molecule has 206 valence electrons. The Balaban J connectivity index is 1.45. The largest absolute Gasteiger partial charge is 0.487 e. The summed E-state index contributed by atoms with van der Waals surface area (Å²) in [6.07, 6.45) is 3.90. The van der Waals surface area contributed by atoms with Crippen LogP contribution in [0.2, 0.25) is 5.15 Å². The number of nitrogen functional groups attached to an aromatic ring is 1. The van der Waals surface area contributed by atoms with E-state index >= 15 is 4.39 Å². The predicted octanol–water partition coefficient (Wildman–Crippen LogP) is 6.75. The zero-order valence-corrected chi connectivity index (χ0v) is 23.5. The van der Waals surface area contributed by atoms with Gasteiger partial charge in [-0.25, -0.2) is 19.0 Å². The van der Waals surface area contributed by atoms with Crippen molar-refractivity contribution in [3.8, 4) is 28.1 Å². The van der Waals surface area contributed by atoms with Crippen LogP contribution in [0.1, 0.15) is 37.8 Å². The highest BCUT2D eigenvalue weighted by atomic mass is 35.5. The molecule has 0 radical (unpaired) electrons. The second kappa shape index (κ2) is 9.97. The zero-order valence-electron chi connectivity index (χ0n) is 21.9. The van der Waals surface area contributed by atoms with Gasteiger partial charge in [-0.05, 0) is 54.7 Å². The molecule has 6 aromatic rings. The van der Waals surface area contributed by atoms with E-state index in [2.05, 4.69) is 9.97 Å². The second-order valence-corrected chi connectivity index (χ2v) is 11.3. The molecule has 1 fully saturated rings. The van der Waals surface area contributed by atoms with Crippen molar-refractivity contribution in [2.75, 3.05) is 5.73 Å². The van der Waals surface area contributed by atoms with Gasteiger partial charge in [0.15, 0.2) is 17.2 Å². The van der Waals surface area contributed by atoms with E-state index in [0.29, 0.717) is 44.3 Å². The molecule has 11 heteroatoms. The van der Waals surface area contributed by atoms with E-state index in [1.54, 1.807) is 22.2 Å². The van der Waals surface area contributed by atoms with Gasteiger partial charge in [0, 0.05) is 10.9 Å². The Morgan fingerprint density at radius 1 is 1.15 bits per heavy atom. The van der Waals surface area contributed by atoms with Gasteiger partial charge in [-0.15, -0.1) is 11.3 Å². The Kier molecular flexibility index (Phi) is 6.24. The third kappa shape index (κ3) is 4.34. The molecule has 1 saturated carbocycles. The van der Waals surface area contributed by atoms with Crippen molar-refractivity contribution < 1.29 is 9.13 Å². The minimum absolute atomic E-state index is 0.0724. The van der Waals surface area contributed by atoms with Crippen molar-refractivity contribution in [1.82, 2.24) is 24.1 Å². The van der Waals surface area contributed by atoms with Crippen LogP contribution in [0.5, 0.6) is 5.75 Å². The van der Waals surface area contributed by atoms with E-state index in [-0.39, 0.29) is 23.2 Å². The molecule has 2 aromatic carbocycles. The normalized spacial score (nSPS) is 14.1. The molecule has 0 spiro atoms. The van der Waals surface area contributed by atoms with Crippen LogP contribution in [0.25, 0.3) is 38.2 Å². The summed E-state index contributed by atoms with van der Waals surface area (Å²) in [5, 5.41) is 7.58. The van der Waals surface area contributed by atoms with Gasteiger partial charge in [-0.3, -0.25) is 9.20 Å². The minimum atomic E-state index is -0.473. The SMILES string of the molecule is CC[C@@H](c1cc2scc(Cl)n2c(=O)c1-c1ccccc1)n1nc(-c2ccc(OC3CC3)c(F)c2)c2c(N)ncnc21. The van der Waals surface area contributed by atoms with Gasteiger partial charge in [0.1, 0.15) is 27.8 Å². The van der Waals surface area contributed by atoms with Crippen LogP contribution in [-0.4, -0.2) is 30.3 Å². The van der Waals surface area contributed by atoms with Gasteiger partial charge in [-0.2, -0.15) is 5.10 Å². The molecule has 1 aliphatic carbocycles. The number of benzene rings is 2. The van der Waals surface area contributed by atoms with E-state index < -0.39 is 11.9 Å². The Labute approximate surface area is 242 Å². The molecule has 1 atom stereocenters. The van der Waals surface area contributed by atoms with Gasteiger partial charge >= 0.3 is 0 Å². The second-order valence-electron chi connectivity index (χ2n) is 10.0. The molecular formula is C30H24ClFN6O2S. The lowest BCUT2D eigenvalue weighted by molar-refractivity contribution is 0.287. The van der Waals surface area contributed by atoms with Crippen molar-refractivity contribution in [1.29, 1.82) is 0 Å². The predicted molar refractivity (Wildman–Crippen MR) is 159 cm³/mol. The number of ether oxygens (including phenoxy) is 1. The molecule has 2 N–H and O–H groups in total. The quantitative estimate of drug-likeness (QED) is 0.222. The van der Waals surface area contributed by atoms with Crippen LogP contribution in [0.15, 0.2) is 71.1 Å². The van der Waals surface area contributed by atoms with Crippen molar-refractivity contribution >= 4 is 44.6 Å². The number of pyridine rings is 1. The van der Waals surface area contributed by atoms with Crippen molar-refractivity contribution in [2.24, 2.45) is 0 Å². The van der Waals surface area contributed by atoms with Crippen molar-refractivity contribution in [3.63, 3.8) is 0 Å². The monoisotopic (exact) mass is 586 g/mol. The van der Waals surface area contributed by atoms with E-state index in [1.807, 2.05) is 43.3 Å². The van der Waals surface area contributed by atoms with E-state index in [9.17, 15) is 4.79 Å². The summed E-state index contributed by atoms with van der Waals surface area (Å²) in [6, 6.07) is 15.9. The highest BCUT2D eigenvalue weighted by Crippen LogP contribution is 2.39. The lowest BCUT2D eigenvalue weighted by atomic mass is 9.95. The van der Waals surface area contributed by atoms with Crippen molar-refractivity contribution in [2.45, 2.75) is 38.3 Å². The fourth-order valence-electron chi connectivity index (χ4n) is 5.26. The number of hydrogen-bond donors (Lipinski definition) is 1. The van der Waals surface area contributed by atoms with Gasteiger partial charge in [0.2, 0.25) is 0 Å². The fourth-order valence-corrected chi connectivity index (χ4v) is 6.42. The number of fused-ring (bicyclic) bond motifs is 2. The molecule has 0 bridgehead atoms. The summed E-state index contributed by atoms with van der Waals surface area (Å²) in [4.78, 5) is 23.4. The van der Waals surface area contributed by atoms with Crippen molar-refractivity contribution in [3.05, 3.63) is 93.2 Å². The highest BCUT2D eigenvalue weighted by molar-refractivity contribution is 7.16. The number of nitrogens with zero attached hydrogens (tertiary/aromatic N) is 5. The average molecular weight is 587 g/mol. The third-order valence-corrected chi connectivity index (χ3v) is 8.63. The minimum Gasteiger partial charge on any atom is -0.487 e. The van der Waals surface area contributed by atoms with Gasteiger partial charge in [0.05, 0.1) is 23.1 Å². The summed E-state index contributed by atoms with van der Waals surface area (Å²) in [6.45, 7) is 2.02. The molecule has 0 unspecified atom stereocenters. The van der Waals surface area contributed by atoms with Gasteiger partial charge in [0.25, 0.3) is 5.56 Å². The molecule has 1 aliphatic rings. The molecule has 41 heavy (non-hydrogen) atoms. The van der Waals surface area contributed by atoms with E-state index in [0.717, 1.165) is 24.0 Å². The van der Waals surface area contributed by atoms with Crippen LogP contribution in [-0.2, 0) is 0 Å². The van der Waals surface area contributed by atoms with Gasteiger partial charge < -0.3 is 10.5 Å². The van der Waals surface area contributed by atoms with Crippen LogP contribution in [0.3, 0.4) is 0 Å². The first-order valence-corrected chi connectivity index (χ1v) is 14.5. The van der Waals surface area contributed by atoms with E-state index in [4.69, 9.17) is 27.2 Å². The summed E-state index contributed by atoms with van der Waals surface area (Å²) in [5.41, 5.74) is 9.67. The summed E-state index contributed by atoms with van der Waals surface area (Å²) >= 11 is 7.82. The van der Waals surface area contributed by atoms with Gasteiger partial charge in [-0.1, -0.05) is 48.9 Å². The maximum absolute atomic E-state index is 15.1. The Hall–Kier alpha value is -4.28. The number of anilines is 1. The maximum Gasteiger partial charge on any atom is 0.265 e. The molecule has 0 saturated heterocycles. The summed E-state index contributed by atoms with van der Waals surface area (Å²) in [7, 11) is 0. The molecule has 7 rings (SSSR count). The molecule has 4 heterocycles. The first-order chi connectivity index (χ1) is 19.9. The highest BCUT2D eigenvalue weighted by Gasteiger charge is 2.28. The lowest BCUT2D eigenvalue weighted by Gasteiger charge is -2.20. The van der Waals surface area contributed by atoms with Crippen LogP contribution in [0, 0.1) is 5.82 Å². The third-order valence-electron chi connectivity index (χ3n) is 7.34. The standard InChI is InChI=1S/C30H24ClFN6O2S/c1-2-21(19-13-24-37(23(31)14-41-24)30(39)25(19)16-6-4-3-5-7-16)38-29-26(28(33)34-15-35-29)27(36-38)17-8-11-22(20(32)12-17)40-18-9-10-18/h3-8,11-15,18,21H,2,9-10H2,1H3,(H2,33,34,35)/t21-/m0/s1. The van der Waals surface area contributed by atoms with Crippen LogP contribution in [0.4, 0.5) is 10.2 Å².